The van der Waals surface area contributed by atoms with Gasteiger partial charge < -0.3 is 29.4 Å². The van der Waals surface area contributed by atoms with E-state index in [1.54, 1.807) is 10.8 Å². The van der Waals surface area contributed by atoms with Gasteiger partial charge in [-0.2, -0.15) is 4.98 Å². The molecule has 2 aliphatic rings. The summed E-state index contributed by atoms with van der Waals surface area (Å²) < 4.78 is 15.0. The number of hydrogen-bond donors (Lipinski definition) is 2. The number of aromatic nitrogens is 5. The second kappa shape index (κ2) is 7.72. The monoisotopic (exact) mass is 433 g/mol. The van der Waals surface area contributed by atoms with Gasteiger partial charge in [0.25, 0.3) is 0 Å². The Balaban J connectivity index is 1.31. The van der Waals surface area contributed by atoms with Crippen LogP contribution in [0.3, 0.4) is 0 Å². The Kier molecular flexibility index (Phi) is 4.57. The van der Waals surface area contributed by atoms with Gasteiger partial charge in [-0.1, -0.05) is 0 Å². The molecule has 3 aromatic heterocycles. The zero-order chi connectivity index (χ0) is 21.5. The van der Waals surface area contributed by atoms with Crippen LogP contribution in [0.1, 0.15) is 12.8 Å². The highest BCUT2D eigenvalue weighted by Crippen LogP contribution is 2.32. The van der Waals surface area contributed by atoms with Crippen LogP contribution in [0.15, 0.2) is 49.1 Å². The highest BCUT2D eigenvalue weighted by atomic mass is 16.6. The van der Waals surface area contributed by atoms with Gasteiger partial charge in [0.15, 0.2) is 17.3 Å². The van der Waals surface area contributed by atoms with E-state index in [0.29, 0.717) is 30.8 Å². The first-order chi connectivity index (χ1) is 15.8. The predicted molar refractivity (Wildman–Crippen MR) is 118 cm³/mol. The van der Waals surface area contributed by atoms with Gasteiger partial charge in [0.05, 0.1) is 24.5 Å². The summed E-state index contributed by atoms with van der Waals surface area (Å²) in [5.41, 5.74) is 1.77. The molecule has 0 unspecified atom stereocenters. The largest absolute Gasteiger partial charge is 0.486 e. The van der Waals surface area contributed by atoms with Crippen molar-refractivity contribution in [3.63, 3.8) is 0 Å². The van der Waals surface area contributed by atoms with E-state index in [0.717, 1.165) is 42.1 Å². The van der Waals surface area contributed by atoms with Crippen molar-refractivity contribution in [3.05, 3.63) is 49.1 Å². The zero-order valence-electron chi connectivity index (χ0n) is 17.4. The van der Waals surface area contributed by atoms with Gasteiger partial charge in [-0.25, -0.2) is 9.50 Å². The number of ether oxygens (including phenoxy) is 2. The molecule has 10 nitrogen and oxygen atoms in total. The van der Waals surface area contributed by atoms with Gasteiger partial charge in [0.2, 0.25) is 5.95 Å². The maximum atomic E-state index is 9.71. The lowest BCUT2D eigenvalue weighted by molar-refractivity contribution is 0.171. The Morgan fingerprint density at radius 2 is 2.06 bits per heavy atom. The van der Waals surface area contributed by atoms with Crippen molar-refractivity contribution < 1.29 is 14.6 Å². The number of hydrogen-bond acceptors (Lipinski definition) is 8. The Morgan fingerprint density at radius 3 is 2.97 bits per heavy atom. The molecule has 0 radical (unpaired) electrons. The SMILES string of the molecule is OC[C@@H]1CCCN1c1nc(Nc2cn(-c3ccc4c(c3)OCCO4)cn2)c2cccn2n1. The lowest BCUT2D eigenvalue weighted by Gasteiger charge is -2.23. The molecule has 0 bridgehead atoms. The van der Waals surface area contributed by atoms with Gasteiger partial charge in [0.1, 0.15) is 30.9 Å². The fraction of sp³-hybridized carbons (Fsp3) is 0.318. The molecule has 0 saturated carbocycles. The molecule has 1 aromatic carbocycles. The van der Waals surface area contributed by atoms with Crippen molar-refractivity contribution in [1.29, 1.82) is 0 Å². The fourth-order valence-electron chi connectivity index (χ4n) is 4.27. The first-order valence-electron chi connectivity index (χ1n) is 10.7. The van der Waals surface area contributed by atoms with E-state index in [2.05, 4.69) is 20.3 Å². The Morgan fingerprint density at radius 1 is 1.16 bits per heavy atom. The third-order valence-corrected chi connectivity index (χ3v) is 5.88. The van der Waals surface area contributed by atoms with Crippen LogP contribution in [0, 0.1) is 0 Å². The van der Waals surface area contributed by atoms with Crippen molar-refractivity contribution in [2.45, 2.75) is 18.9 Å². The molecule has 1 fully saturated rings. The number of nitrogens with zero attached hydrogens (tertiary/aromatic N) is 6. The summed E-state index contributed by atoms with van der Waals surface area (Å²) >= 11 is 0. The molecule has 2 N–H and O–H groups in total. The number of aliphatic hydroxyl groups excluding tert-OH is 1. The summed E-state index contributed by atoms with van der Waals surface area (Å²) in [5.74, 6) is 3.41. The Hall–Kier alpha value is -3.79. The van der Waals surface area contributed by atoms with Crippen LogP contribution in [-0.2, 0) is 0 Å². The van der Waals surface area contributed by atoms with Crippen LogP contribution in [0.5, 0.6) is 11.5 Å². The third-order valence-electron chi connectivity index (χ3n) is 5.88. The molecule has 1 atom stereocenters. The summed E-state index contributed by atoms with van der Waals surface area (Å²) in [4.78, 5) is 11.3. The summed E-state index contributed by atoms with van der Waals surface area (Å²) in [7, 11) is 0. The minimum absolute atomic E-state index is 0.0466. The van der Waals surface area contributed by atoms with E-state index in [4.69, 9.17) is 14.5 Å². The van der Waals surface area contributed by atoms with Gasteiger partial charge in [-0.3, -0.25) is 0 Å². The number of benzene rings is 1. The van der Waals surface area contributed by atoms with Crippen LogP contribution < -0.4 is 19.7 Å². The van der Waals surface area contributed by atoms with Crippen LogP contribution in [0.4, 0.5) is 17.6 Å². The van der Waals surface area contributed by atoms with Crippen molar-refractivity contribution in [2.24, 2.45) is 0 Å². The van der Waals surface area contributed by atoms with Crippen molar-refractivity contribution in [2.75, 3.05) is 36.6 Å². The molecular formula is C22H23N7O3. The van der Waals surface area contributed by atoms with E-state index >= 15 is 0 Å². The molecule has 0 spiro atoms. The van der Waals surface area contributed by atoms with Gasteiger partial charge in [-0.05, 0) is 37.1 Å². The van der Waals surface area contributed by atoms with Crippen molar-refractivity contribution >= 4 is 23.1 Å². The van der Waals surface area contributed by atoms with Crippen LogP contribution >= 0.6 is 0 Å². The van der Waals surface area contributed by atoms with Crippen LogP contribution in [0.2, 0.25) is 0 Å². The maximum absolute atomic E-state index is 9.71. The number of aliphatic hydroxyl groups is 1. The number of imidazole rings is 1. The lowest BCUT2D eigenvalue weighted by Crippen LogP contribution is -2.34. The average Bonchev–Trinajstić information content (AvgIpc) is 3.58. The molecule has 6 rings (SSSR count). The quantitative estimate of drug-likeness (QED) is 0.495. The Labute approximate surface area is 184 Å². The van der Waals surface area contributed by atoms with Gasteiger partial charge in [0, 0.05) is 18.8 Å². The molecule has 0 amide bonds. The van der Waals surface area contributed by atoms with E-state index in [9.17, 15) is 5.11 Å². The maximum Gasteiger partial charge on any atom is 0.245 e. The minimum Gasteiger partial charge on any atom is -0.486 e. The average molecular weight is 433 g/mol. The van der Waals surface area contributed by atoms with Gasteiger partial charge in [-0.15, -0.1) is 5.10 Å². The summed E-state index contributed by atoms with van der Waals surface area (Å²) in [6, 6.07) is 9.75. The number of fused-ring (bicyclic) bond motifs is 2. The van der Waals surface area contributed by atoms with E-state index in [-0.39, 0.29) is 12.6 Å². The number of anilines is 3. The predicted octanol–water partition coefficient (Wildman–Crippen LogP) is 2.39. The molecule has 32 heavy (non-hydrogen) atoms. The number of rotatable bonds is 5. The summed E-state index contributed by atoms with van der Waals surface area (Å²) in [6.45, 7) is 2.04. The second-order valence-electron chi connectivity index (χ2n) is 7.89. The highest BCUT2D eigenvalue weighted by Gasteiger charge is 2.27. The summed E-state index contributed by atoms with van der Waals surface area (Å²) in [5, 5.41) is 17.7. The summed E-state index contributed by atoms with van der Waals surface area (Å²) in [6.07, 6.45) is 7.49. The molecule has 1 saturated heterocycles. The lowest BCUT2D eigenvalue weighted by atomic mass is 10.2. The van der Waals surface area contributed by atoms with E-state index in [1.165, 1.54) is 0 Å². The molecule has 164 valence electrons. The molecule has 0 aliphatic carbocycles. The number of nitrogens with one attached hydrogen (secondary N) is 1. The van der Waals surface area contributed by atoms with Crippen LogP contribution in [0.25, 0.3) is 11.2 Å². The normalized spacial score (nSPS) is 17.8. The van der Waals surface area contributed by atoms with E-state index in [1.807, 2.05) is 47.3 Å². The topological polar surface area (TPSA) is 102 Å². The minimum atomic E-state index is 0.0466. The first-order valence-corrected chi connectivity index (χ1v) is 10.7. The first kappa shape index (κ1) is 18.9. The second-order valence-corrected chi connectivity index (χ2v) is 7.89. The fourth-order valence-corrected chi connectivity index (χ4v) is 4.27. The third kappa shape index (κ3) is 3.28. The molecule has 2 aliphatic heterocycles. The standard InChI is InChI=1S/C22H23N7O3/c30-13-16-3-1-7-28(16)22-25-21(17-4-2-8-29(17)26-22)24-20-12-27(14-23-20)15-5-6-18-19(11-15)32-10-9-31-18/h2,4-6,8,11-12,14,16,30H,1,3,7,9-10,13H2,(H,24,25,26)/t16-/m0/s1. The molecule has 10 heteroatoms. The van der Waals surface area contributed by atoms with Crippen molar-refractivity contribution in [1.82, 2.24) is 24.1 Å². The van der Waals surface area contributed by atoms with Crippen LogP contribution in [-0.4, -0.2) is 61.7 Å². The highest BCUT2D eigenvalue weighted by molar-refractivity contribution is 5.73. The zero-order valence-corrected chi connectivity index (χ0v) is 17.4. The van der Waals surface area contributed by atoms with Crippen molar-refractivity contribution in [3.8, 4) is 17.2 Å². The molecule has 5 heterocycles. The Bertz CT molecular complexity index is 1270. The molecular weight excluding hydrogens is 410 g/mol. The van der Waals surface area contributed by atoms with Gasteiger partial charge >= 0.3 is 0 Å². The van der Waals surface area contributed by atoms with E-state index < -0.39 is 0 Å². The smallest absolute Gasteiger partial charge is 0.245 e. The molecule has 4 aromatic rings.